The van der Waals surface area contributed by atoms with E-state index in [0.717, 1.165) is 12.3 Å². The SMILES string of the molecule is CC(C)CC(=O)O[C@@H]1C[C@@H]2CC[C@@]1(C)C2. The van der Waals surface area contributed by atoms with Crippen LogP contribution in [0.5, 0.6) is 0 Å². The van der Waals surface area contributed by atoms with E-state index >= 15 is 0 Å². The average molecular weight is 210 g/mol. The Morgan fingerprint density at radius 2 is 2.27 bits per heavy atom. The summed E-state index contributed by atoms with van der Waals surface area (Å²) in [6, 6.07) is 0. The van der Waals surface area contributed by atoms with E-state index in [1.165, 1.54) is 19.3 Å². The quantitative estimate of drug-likeness (QED) is 0.669. The molecular weight excluding hydrogens is 188 g/mol. The first-order valence-electron chi connectivity index (χ1n) is 6.19. The molecule has 0 saturated heterocycles. The van der Waals surface area contributed by atoms with Gasteiger partial charge in [-0.2, -0.15) is 0 Å². The van der Waals surface area contributed by atoms with E-state index in [0.29, 0.717) is 17.8 Å². The number of ether oxygens (including phenoxy) is 1. The maximum atomic E-state index is 11.6. The Hall–Kier alpha value is -0.530. The molecule has 0 aromatic rings. The zero-order valence-electron chi connectivity index (χ0n) is 10.1. The van der Waals surface area contributed by atoms with Crippen molar-refractivity contribution in [1.29, 1.82) is 0 Å². The van der Waals surface area contributed by atoms with E-state index in [1.807, 2.05) is 0 Å². The third kappa shape index (κ3) is 2.19. The van der Waals surface area contributed by atoms with Gasteiger partial charge in [0, 0.05) is 11.8 Å². The first kappa shape index (κ1) is 11.0. The summed E-state index contributed by atoms with van der Waals surface area (Å²) in [7, 11) is 0. The average Bonchev–Trinajstić information content (AvgIpc) is 2.58. The summed E-state index contributed by atoms with van der Waals surface area (Å²) >= 11 is 0. The zero-order valence-corrected chi connectivity index (χ0v) is 10.1. The highest BCUT2D eigenvalue weighted by atomic mass is 16.5. The van der Waals surface area contributed by atoms with Gasteiger partial charge in [0.1, 0.15) is 6.10 Å². The lowest BCUT2D eigenvalue weighted by molar-refractivity contribution is -0.155. The number of hydrogen-bond acceptors (Lipinski definition) is 2. The molecule has 2 aliphatic carbocycles. The minimum Gasteiger partial charge on any atom is -0.462 e. The molecule has 3 atom stereocenters. The fraction of sp³-hybridized carbons (Fsp3) is 0.923. The van der Waals surface area contributed by atoms with Gasteiger partial charge in [0.05, 0.1) is 0 Å². The van der Waals surface area contributed by atoms with Crippen LogP contribution in [0.4, 0.5) is 0 Å². The molecule has 2 aliphatic rings. The molecule has 2 fully saturated rings. The maximum Gasteiger partial charge on any atom is 0.306 e. The van der Waals surface area contributed by atoms with E-state index in [-0.39, 0.29) is 12.1 Å². The van der Waals surface area contributed by atoms with Crippen molar-refractivity contribution >= 4 is 5.97 Å². The minimum atomic E-state index is 0.00350. The molecule has 0 aliphatic heterocycles. The van der Waals surface area contributed by atoms with E-state index in [9.17, 15) is 4.79 Å². The highest BCUT2D eigenvalue weighted by Gasteiger charge is 2.50. The molecule has 0 unspecified atom stereocenters. The summed E-state index contributed by atoms with van der Waals surface area (Å²) in [4.78, 5) is 11.6. The molecule has 2 bridgehead atoms. The van der Waals surface area contributed by atoms with Crippen LogP contribution in [0, 0.1) is 17.3 Å². The maximum absolute atomic E-state index is 11.6. The van der Waals surface area contributed by atoms with Gasteiger partial charge < -0.3 is 4.74 Å². The first-order valence-corrected chi connectivity index (χ1v) is 6.19. The largest absolute Gasteiger partial charge is 0.462 e. The topological polar surface area (TPSA) is 26.3 Å². The molecule has 86 valence electrons. The van der Waals surface area contributed by atoms with Gasteiger partial charge in [-0.05, 0) is 37.5 Å². The molecule has 2 saturated carbocycles. The van der Waals surface area contributed by atoms with Crippen LogP contribution in [0.2, 0.25) is 0 Å². The molecule has 2 nitrogen and oxygen atoms in total. The van der Waals surface area contributed by atoms with Crippen LogP contribution in [0.3, 0.4) is 0 Å². The lowest BCUT2D eigenvalue weighted by Crippen LogP contribution is -2.32. The van der Waals surface area contributed by atoms with Gasteiger partial charge in [0.15, 0.2) is 0 Å². The van der Waals surface area contributed by atoms with Gasteiger partial charge >= 0.3 is 5.97 Å². The Labute approximate surface area is 92.4 Å². The molecule has 0 aromatic heterocycles. The number of fused-ring (bicyclic) bond motifs is 2. The van der Waals surface area contributed by atoms with Crippen LogP contribution in [0.15, 0.2) is 0 Å². The molecule has 0 aromatic carbocycles. The van der Waals surface area contributed by atoms with Gasteiger partial charge in [0.25, 0.3) is 0 Å². The fourth-order valence-electron chi connectivity index (χ4n) is 3.21. The number of hydrogen-bond donors (Lipinski definition) is 0. The number of carbonyl (C=O) groups is 1. The van der Waals surface area contributed by atoms with Gasteiger partial charge in [-0.15, -0.1) is 0 Å². The van der Waals surface area contributed by atoms with Crippen molar-refractivity contribution in [3.05, 3.63) is 0 Å². The van der Waals surface area contributed by atoms with Crippen molar-refractivity contribution in [1.82, 2.24) is 0 Å². The second-order valence-electron chi connectivity index (χ2n) is 6.08. The lowest BCUT2D eigenvalue weighted by Gasteiger charge is -2.31. The Morgan fingerprint density at radius 1 is 1.53 bits per heavy atom. The van der Waals surface area contributed by atoms with Crippen LogP contribution < -0.4 is 0 Å². The van der Waals surface area contributed by atoms with Crippen LogP contribution in [-0.2, 0) is 9.53 Å². The number of rotatable bonds is 3. The monoisotopic (exact) mass is 210 g/mol. The Bertz CT molecular complexity index is 259. The molecule has 0 N–H and O–H groups in total. The van der Waals surface area contributed by atoms with Crippen LogP contribution in [-0.4, -0.2) is 12.1 Å². The Kier molecular flexibility index (Phi) is 2.78. The summed E-state index contributed by atoms with van der Waals surface area (Å²) in [6.07, 6.45) is 5.75. The van der Waals surface area contributed by atoms with E-state index in [2.05, 4.69) is 20.8 Å². The normalized spacial score (nSPS) is 38.7. The standard InChI is InChI=1S/C13H22O2/c1-9(2)6-12(14)15-11-7-10-4-5-13(11,3)8-10/h9-11H,4-8H2,1-3H3/t10-,11+,13-/m0/s1. The highest BCUT2D eigenvalue weighted by Crippen LogP contribution is 2.55. The fourth-order valence-corrected chi connectivity index (χ4v) is 3.21. The van der Waals surface area contributed by atoms with Crippen molar-refractivity contribution in [2.24, 2.45) is 17.3 Å². The second-order valence-corrected chi connectivity index (χ2v) is 6.08. The summed E-state index contributed by atoms with van der Waals surface area (Å²) in [5.41, 5.74) is 0.303. The Balaban J connectivity index is 1.88. The van der Waals surface area contributed by atoms with Crippen molar-refractivity contribution in [2.45, 2.75) is 59.0 Å². The summed E-state index contributed by atoms with van der Waals surface area (Å²) in [5, 5.41) is 0. The molecule has 0 heterocycles. The van der Waals surface area contributed by atoms with Gasteiger partial charge in [-0.3, -0.25) is 4.79 Å². The number of esters is 1. The van der Waals surface area contributed by atoms with Crippen molar-refractivity contribution in [2.75, 3.05) is 0 Å². The molecule has 0 radical (unpaired) electrons. The summed E-state index contributed by atoms with van der Waals surface area (Å²) < 4.78 is 5.62. The molecule has 2 rings (SSSR count). The van der Waals surface area contributed by atoms with Crippen molar-refractivity contribution in [3.63, 3.8) is 0 Å². The van der Waals surface area contributed by atoms with Crippen molar-refractivity contribution in [3.8, 4) is 0 Å². The zero-order chi connectivity index (χ0) is 11.1. The molecule has 0 amide bonds. The van der Waals surface area contributed by atoms with Crippen LogP contribution >= 0.6 is 0 Å². The van der Waals surface area contributed by atoms with E-state index < -0.39 is 0 Å². The highest BCUT2D eigenvalue weighted by molar-refractivity contribution is 5.69. The first-order chi connectivity index (χ1) is 6.99. The molecular formula is C13H22O2. The number of carbonyl (C=O) groups excluding carboxylic acids is 1. The molecule has 2 heteroatoms. The summed E-state index contributed by atoms with van der Waals surface area (Å²) in [6.45, 7) is 6.40. The second kappa shape index (κ2) is 3.80. The predicted octanol–water partition coefficient (Wildman–Crippen LogP) is 3.15. The van der Waals surface area contributed by atoms with Gasteiger partial charge in [-0.1, -0.05) is 20.8 Å². The smallest absolute Gasteiger partial charge is 0.306 e. The lowest BCUT2D eigenvalue weighted by atomic mass is 9.84. The third-order valence-electron chi connectivity index (χ3n) is 4.05. The van der Waals surface area contributed by atoms with E-state index in [1.54, 1.807) is 0 Å². The van der Waals surface area contributed by atoms with Crippen molar-refractivity contribution < 1.29 is 9.53 Å². The Morgan fingerprint density at radius 3 is 2.73 bits per heavy atom. The third-order valence-corrected chi connectivity index (χ3v) is 4.05. The predicted molar refractivity (Wildman–Crippen MR) is 59.4 cm³/mol. The molecule has 15 heavy (non-hydrogen) atoms. The van der Waals surface area contributed by atoms with Gasteiger partial charge in [-0.25, -0.2) is 0 Å². The van der Waals surface area contributed by atoms with E-state index in [4.69, 9.17) is 4.74 Å². The minimum absolute atomic E-state index is 0.00350. The molecule has 0 spiro atoms. The summed E-state index contributed by atoms with van der Waals surface area (Å²) in [5.74, 6) is 1.24. The van der Waals surface area contributed by atoms with Crippen LogP contribution in [0.25, 0.3) is 0 Å². The van der Waals surface area contributed by atoms with Crippen LogP contribution in [0.1, 0.15) is 52.9 Å². The van der Waals surface area contributed by atoms with Gasteiger partial charge in [0.2, 0.25) is 0 Å².